The van der Waals surface area contributed by atoms with Crippen molar-refractivity contribution in [3.63, 3.8) is 0 Å². The summed E-state index contributed by atoms with van der Waals surface area (Å²) in [6.45, 7) is 1.56. The fourth-order valence-electron chi connectivity index (χ4n) is 3.45. The van der Waals surface area contributed by atoms with Gasteiger partial charge in [0.2, 0.25) is 11.9 Å². The van der Waals surface area contributed by atoms with E-state index < -0.39 is 5.97 Å². The molecule has 0 bridgehead atoms. The van der Waals surface area contributed by atoms with Gasteiger partial charge in [-0.1, -0.05) is 6.08 Å². The summed E-state index contributed by atoms with van der Waals surface area (Å²) < 4.78 is 7.13. The van der Waals surface area contributed by atoms with Gasteiger partial charge in [-0.2, -0.15) is 0 Å². The Balaban J connectivity index is 1.44. The van der Waals surface area contributed by atoms with E-state index in [-0.39, 0.29) is 18.7 Å². The number of furan rings is 1. The molecule has 0 saturated heterocycles. The molecule has 0 aliphatic carbocycles. The van der Waals surface area contributed by atoms with E-state index in [0.717, 1.165) is 16.9 Å². The lowest BCUT2D eigenvalue weighted by Crippen LogP contribution is -2.34. The molecule has 2 N–H and O–H groups in total. The summed E-state index contributed by atoms with van der Waals surface area (Å²) >= 11 is 0. The Morgan fingerprint density at radius 3 is 2.93 bits per heavy atom. The quantitative estimate of drug-likeness (QED) is 0.579. The first kappa shape index (κ1) is 19.6. The van der Waals surface area contributed by atoms with Crippen molar-refractivity contribution in [3.8, 4) is 0 Å². The summed E-state index contributed by atoms with van der Waals surface area (Å²) in [7, 11) is 0. The zero-order chi connectivity index (χ0) is 20.9. The molecule has 3 aromatic heterocycles. The van der Waals surface area contributed by atoms with Gasteiger partial charge in [0, 0.05) is 37.7 Å². The molecule has 156 valence electrons. The van der Waals surface area contributed by atoms with Crippen molar-refractivity contribution < 1.29 is 19.1 Å². The molecule has 0 radical (unpaired) electrons. The number of anilines is 1. The summed E-state index contributed by atoms with van der Waals surface area (Å²) in [4.78, 5) is 29.1. The number of rotatable bonds is 8. The van der Waals surface area contributed by atoms with Crippen LogP contribution in [0.15, 0.2) is 41.4 Å². The van der Waals surface area contributed by atoms with E-state index >= 15 is 0 Å². The summed E-state index contributed by atoms with van der Waals surface area (Å²) in [6.07, 6.45) is 8.30. The Morgan fingerprint density at radius 2 is 2.20 bits per heavy atom. The molecule has 10 nitrogen and oxygen atoms in total. The Hall–Kier alpha value is -3.69. The standard InChI is InChI=1S/C20H22N6O4/c27-17(4-1-5-18(28)29)25-8-6-14(7-9-25)16-12-22-20(26-13-23-24-19(16)26)21-11-15-3-2-10-30-15/h2-3,6,10,12-13H,1,4-5,7-9,11H2,(H,21,22)(H,28,29). The predicted octanol–water partition coefficient (Wildman–Crippen LogP) is 2.20. The van der Waals surface area contributed by atoms with Crippen molar-refractivity contribution in [2.45, 2.75) is 32.2 Å². The number of carboxylic acids is 1. The second kappa shape index (κ2) is 8.76. The van der Waals surface area contributed by atoms with Crippen LogP contribution in [-0.4, -0.2) is 54.6 Å². The molecule has 0 saturated carbocycles. The molecule has 4 rings (SSSR count). The van der Waals surface area contributed by atoms with Crippen LogP contribution in [0.2, 0.25) is 0 Å². The van der Waals surface area contributed by atoms with Gasteiger partial charge in [-0.3, -0.25) is 14.0 Å². The average Bonchev–Trinajstić information content (AvgIpc) is 3.44. The normalized spacial score (nSPS) is 14.0. The summed E-state index contributed by atoms with van der Waals surface area (Å²) in [5, 5.41) is 20.2. The average molecular weight is 410 g/mol. The predicted molar refractivity (Wildman–Crippen MR) is 107 cm³/mol. The first-order valence-corrected chi connectivity index (χ1v) is 9.76. The minimum atomic E-state index is -0.879. The summed E-state index contributed by atoms with van der Waals surface area (Å²) in [5.41, 5.74) is 2.64. The molecule has 1 aliphatic rings. The number of hydrogen-bond donors (Lipinski definition) is 2. The molecular weight excluding hydrogens is 388 g/mol. The van der Waals surface area contributed by atoms with Crippen LogP contribution in [0.1, 0.15) is 37.0 Å². The fourth-order valence-corrected chi connectivity index (χ4v) is 3.45. The van der Waals surface area contributed by atoms with Crippen molar-refractivity contribution >= 4 is 29.0 Å². The van der Waals surface area contributed by atoms with Gasteiger partial charge < -0.3 is 19.7 Å². The van der Waals surface area contributed by atoms with Crippen molar-refractivity contribution in [1.29, 1.82) is 0 Å². The van der Waals surface area contributed by atoms with Gasteiger partial charge in [0.25, 0.3) is 0 Å². The number of nitrogens with zero attached hydrogens (tertiary/aromatic N) is 5. The van der Waals surface area contributed by atoms with Gasteiger partial charge in [0.15, 0.2) is 5.65 Å². The molecule has 10 heteroatoms. The lowest BCUT2D eigenvalue weighted by Gasteiger charge is -2.26. The summed E-state index contributed by atoms with van der Waals surface area (Å²) in [5.74, 6) is 0.511. The monoisotopic (exact) mass is 410 g/mol. The maximum atomic E-state index is 12.3. The SMILES string of the molecule is O=C(O)CCCC(=O)N1CC=C(c2cnc(NCc3ccco3)n3cnnc23)CC1. The van der Waals surface area contributed by atoms with Crippen LogP contribution in [0.4, 0.5) is 5.95 Å². The highest BCUT2D eigenvalue weighted by atomic mass is 16.4. The molecular formula is C20H22N6O4. The molecule has 0 aromatic carbocycles. The highest BCUT2D eigenvalue weighted by Gasteiger charge is 2.20. The van der Waals surface area contributed by atoms with Gasteiger partial charge in [0.05, 0.1) is 12.8 Å². The Kier molecular flexibility index (Phi) is 5.73. The van der Waals surface area contributed by atoms with Crippen LogP contribution in [0.25, 0.3) is 11.2 Å². The zero-order valence-electron chi connectivity index (χ0n) is 16.3. The highest BCUT2D eigenvalue weighted by molar-refractivity contribution is 5.81. The van der Waals surface area contributed by atoms with E-state index in [1.54, 1.807) is 28.1 Å². The van der Waals surface area contributed by atoms with Crippen LogP contribution in [0, 0.1) is 0 Å². The van der Waals surface area contributed by atoms with Crippen molar-refractivity contribution in [3.05, 3.63) is 48.3 Å². The van der Waals surface area contributed by atoms with Gasteiger partial charge in [0.1, 0.15) is 12.1 Å². The van der Waals surface area contributed by atoms with E-state index in [4.69, 9.17) is 9.52 Å². The van der Waals surface area contributed by atoms with E-state index in [1.807, 2.05) is 18.2 Å². The third-order valence-electron chi connectivity index (χ3n) is 5.02. The Morgan fingerprint density at radius 1 is 1.30 bits per heavy atom. The molecule has 3 aromatic rings. The second-order valence-electron chi connectivity index (χ2n) is 7.02. The van der Waals surface area contributed by atoms with E-state index in [1.165, 1.54) is 0 Å². The maximum Gasteiger partial charge on any atom is 0.303 e. The first-order valence-electron chi connectivity index (χ1n) is 9.76. The third-order valence-corrected chi connectivity index (χ3v) is 5.02. The summed E-state index contributed by atoms with van der Waals surface area (Å²) in [6, 6.07) is 3.71. The van der Waals surface area contributed by atoms with E-state index in [2.05, 4.69) is 20.5 Å². The molecule has 4 heterocycles. The zero-order valence-corrected chi connectivity index (χ0v) is 16.3. The fraction of sp³-hybridized carbons (Fsp3) is 0.350. The highest BCUT2D eigenvalue weighted by Crippen LogP contribution is 2.26. The number of hydrogen-bond acceptors (Lipinski definition) is 7. The third kappa shape index (κ3) is 4.32. The molecule has 1 amide bonds. The van der Waals surface area contributed by atoms with Gasteiger partial charge >= 0.3 is 5.97 Å². The van der Waals surface area contributed by atoms with Crippen molar-refractivity contribution in [1.82, 2.24) is 24.5 Å². The second-order valence-corrected chi connectivity index (χ2v) is 7.02. The number of aliphatic carboxylic acids is 1. The molecule has 30 heavy (non-hydrogen) atoms. The molecule has 0 fully saturated rings. The van der Waals surface area contributed by atoms with Crippen LogP contribution in [-0.2, 0) is 16.1 Å². The van der Waals surface area contributed by atoms with Gasteiger partial charge in [-0.15, -0.1) is 10.2 Å². The number of aromatic nitrogens is 4. The van der Waals surface area contributed by atoms with Crippen LogP contribution < -0.4 is 5.32 Å². The number of carbonyl (C=O) groups excluding carboxylic acids is 1. The molecule has 0 unspecified atom stereocenters. The van der Waals surface area contributed by atoms with Gasteiger partial charge in [-0.05, 0) is 30.5 Å². The maximum absolute atomic E-state index is 12.3. The van der Waals surface area contributed by atoms with E-state index in [9.17, 15) is 9.59 Å². The van der Waals surface area contributed by atoms with E-state index in [0.29, 0.717) is 44.1 Å². The lowest BCUT2D eigenvalue weighted by atomic mass is 10.0. The van der Waals surface area contributed by atoms with Crippen molar-refractivity contribution in [2.75, 3.05) is 18.4 Å². The van der Waals surface area contributed by atoms with Crippen molar-refractivity contribution in [2.24, 2.45) is 0 Å². The number of nitrogens with one attached hydrogen (secondary N) is 1. The van der Waals surface area contributed by atoms with Gasteiger partial charge in [-0.25, -0.2) is 4.98 Å². The number of carbonyl (C=O) groups is 2. The minimum Gasteiger partial charge on any atom is -0.481 e. The van der Waals surface area contributed by atoms with Crippen LogP contribution >= 0.6 is 0 Å². The minimum absolute atomic E-state index is 0.0114. The molecule has 1 aliphatic heterocycles. The Labute approximate surface area is 172 Å². The first-order chi connectivity index (χ1) is 14.6. The van der Waals surface area contributed by atoms with Crippen LogP contribution in [0.3, 0.4) is 0 Å². The lowest BCUT2D eigenvalue weighted by molar-refractivity contribution is -0.137. The Bertz CT molecular complexity index is 1070. The largest absolute Gasteiger partial charge is 0.481 e. The smallest absolute Gasteiger partial charge is 0.303 e. The van der Waals surface area contributed by atoms with Crippen LogP contribution in [0.5, 0.6) is 0 Å². The molecule has 0 atom stereocenters. The molecule has 0 spiro atoms. The number of amides is 1. The number of carboxylic acid groups (broad SMARTS) is 1. The topological polar surface area (TPSA) is 126 Å². The number of fused-ring (bicyclic) bond motifs is 1.